The van der Waals surface area contributed by atoms with E-state index in [1.807, 2.05) is 42.0 Å². The number of amides is 1. The van der Waals surface area contributed by atoms with E-state index in [-0.39, 0.29) is 16.8 Å². The van der Waals surface area contributed by atoms with Gasteiger partial charge in [-0.3, -0.25) is 9.52 Å². The third-order valence-corrected chi connectivity index (χ3v) is 8.67. The number of nitrogens with zero attached hydrogens (tertiary/aromatic N) is 3. The lowest BCUT2D eigenvalue weighted by atomic mass is 10.2. The summed E-state index contributed by atoms with van der Waals surface area (Å²) in [5.74, 6) is -0.0658. The minimum absolute atomic E-state index is 0.00257. The van der Waals surface area contributed by atoms with Crippen LogP contribution in [-0.4, -0.2) is 43.0 Å². The molecule has 2 aromatic carbocycles. The highest BCUT2D eigenvalue weighted by molar-refractivity contribution is 7.93. The van der Waals surface area contributed by atoms with Gasteiger partial charge in [0, 0.05) is 48.0 Å². The van der Waals surface area contributed by atoms with Gasteiger partial charge >= 0.3 is 0 Å². The Balaban J connectivity index is 1.21. The van der Waals surface area contributed by atoms with Gasteiger partial charge in [0.2, 0.25) is 5.91 Å². The quantitative estimate of drug-likeness (QED) is 0.367. The molecule has 35 heavy (non-hydrogen) atoms. The van der Waals surface area contributed by atoms with Crippen LogP contribution in [-0.2, 0) is 14.8 Å². The second-order valence-electron chi connectivity index (χ2n) is 8.45. The largest absolute Gasteiger partial charge is 0.369 e. The van der Waals surface area contributed by atoms with E-state index in [1.165, 1.54) is 11.3 Å². The van der Waals surface area contributed by atoms with Crippen LogP contribution in [0.1, 0.15) is 19.4 Å². The summed E-state index contributed by atoms with van der Waals surface area (Å²) in [4.78, 5) is 19.3. The van der Waals surface area contributed by atoms with Crippen molar-refractivity contribution in [2.45, 2.75) is 30.3 Å². The Morgan fingerprint density at radius 3 is 2.74 bits per heavy atom. The van der Waals surface area contributed by atoms with Crippen molar-refractivity contribution in [2.24, 2.45) is 0 Å². The highest BCUT2D eigenvalue weighted by Gasteiger charge is 2.27. The summed E-state index contributed by atoms with van der Waals surface area (Å²) in [6.45, 7) is 3.28. The van der Waals surface area contributed by atoms with Crippen LogP contribution in [0, 0.1) is 0 Å². The molecule has 2 N–H and O–H groups in total. The molecule has 1 saturated heterocycles. The number of hydrogen-bond donors (Lipinski definition) is 2. The number of anilines is 2. The summed E-state index contributed by atoms with van der Waals surface area (Å²) in [6, 6.07) is 14.0. The number of thiazole rings is 1. The van der Waals surface area contributed by atoms with Crippen LogP contribution in [0.3, 0.4) is 0 Å². The van der Waals surface area contributed by atoms with Crippen LogP contribution < -0.4 is 14.9 Å². The van der Waals surface area contributed by atoms with Crippen molar-refractivity contribution in [1.29, 1.82) is 0 Å². The second kappa shape index (κ2) is 9.52. The molecule has 4 aromatic rings. The van der Waals surface area contributed by atoms with E-state index in [0.717, 1.165) is 29.6 Å². The van der Waals surface area contributed by atoms with Gasteiger partial charge < -0.3 is 14.8 Å². The summed E-state index contributed by atoms with van der Waals surface area (Å²) in [5.41, 5.74) is 1.76. The van der Waals surface area contributed by atoms with E-state index in [0.29, 0.717) is 16.7 Å². The van der Waals surface area contributed by atoms with Gasteiger partial charge in [-0.15, -0.1) is 11.3 Å². The normalized spacial score (nSPS) is 17.0. The zero-order valence-electron chi connectivity index (χ0n) is 18.9. The van der Waals surface area contributed by atoms with E-state index in [1.54, 1.807) is 35.8 Å². The topological polar surface area (TPSA) is 96.3 Å². The predicted molar refractivity (Wildman–Crippen MR) is 140 cm³/mol. The minimum Gasteiger partial charge on any atom is -0.369 e. The molecular formula is C24H24ClN5O3S2. The van der Waals surface area contributed by atoms with Crippen LogP contribution >= 0.6 is 22.9 Å². The van der Waals surface area contributed by atoms with Crippen molar-refractivity contribution in [2.75, 3.05) is 22.7 Å². The number of aromatic nitrogens is 2. The molecule has 1 fully saturated rings. The number of halogens is 1. The molecule has 1 amide bonds. The Labute approximate surface area is 212 Å². The van der Waals surface area contributed by atoms with Gasteiger partial charge in [-0.1, -0.05) is 23.7 Å². The molecule has 2 aromatic heterocycles. The molecule has 2 atom stereocenters. The van der Waals surface area contributed by atoms with Gasteiger partial charge in [0.25, 0.3) is 10.0 Å². The highest BCUT2D eigenvalue weighted by Crippen LogP contribution is 2.28. The predicted octanol–water partition coefficient (Wildman–Crippen LogP) is 4.51. The maximum Gasteiger partial charge on any atom is 0.263 e. The van der Waals surface area contributed by atoms with E-state index in [9.17, 15) is 13.2 Å². The van der Waals surface area contributed by atoms with Crippen molar-refractivity contribution in [3.8, 4) is 0 Å². The maximum absolute atomic E-state index is 13.0. The lowest BCUT2D eigenvalue weighted by molar-refractivity contribution is -0.124. The molecule has 11 heteroatoms. The van der Waals surface area contributed by atoms with Gasteiger partial charge in [0.05, 0.1) is 15.4 Å². The first-order chi connectivity index (χ1) is 16.8. The molecule has 0 bridgehead atoms. The molecule has 0 spiro atoms. The number of fused-ring (bicyclic) bond motifs is 1. The number of carbonyl (C=O) groups is 1. The second-order valence-corrected chi connectivity index (χ2v) is 11.4. The Hall–Kier alpha value is -3.08. The van der Waals surface area contributed by atoms with Crippen molar-refractivity contribution in [3.63, 3.8) is 0 Å². The van der Waals surface area contributed by atoms with E-state index >= 15 is 0 Å². The molecular weight excluding hydrogens is 506 g/mol. The van der Waals surface area contributed by atoms with Crippen molar-refractivity contribution in [1.82, 2.24) is 14.9 Å². The van der Waals surface area contributed by atoms with Crippen molar-refractivity contribution >= 4 is 60.6 Å². The van der Waals surface area contributed by atoms with Crippen molar-refractivity contribution < 1.29 is 13.2 Å². The summed E-state index contributed by atoms with van der Waals surface area (Å²) >= 11 is 7.60. The van der Waals surface area contributed by atoms with Crippen LogP contribution in [0.25, 0.3) is 10.9 Å². The average Bonchev–Trinajstić information content (AvgIpc) is 3.60. The summed E-state index contributed by atoms with van der Waals surface area (Å²) in [6.07, 6.45) is 4.24. The van der Waals surface area contributed by atoms with Crippen molar-refractivity contribution in [3.05, 3.63) is 71.3 Å². The van der Waals surface area contributed by atoms with Gasteiger partial charge in [-0.05, 0) is 49.7 Å². The molecule has 0 unspecified atom stereocenters. The zero-order chi connectivity index (χ0) is 24.6. The maximum atomic E-state index is 13.0. The number of hydrogen-bond acceptors (Lipinski definition) is 6. The molecule has 0 saturated carbocycles. The monoisotopic (exact) mass is 529 g/mol. The SMILES string of the molecule is C[C@H](C(=O)N[C@H]1CCN(c2ccc(S(=O)(=O)Nc3nccs3)cc2)C1)n1ccc2cccc(Cl)c21. The van der Waals surface area contributed by atoms with Crippen LogP contribution in [0.2, 0.25) is 5.02 Å². The number of benzene rings is 2. The van der Waals surface area contributed by atoms with E-state index < -0.39 is 16.1 Å². The number of nitrogens with one attached hydrogen (secondary N) is 2. The fourth-order valence-electron chi connectivity index (χ4n) is 4.34. The molecule has 8 nitrogen and oxygen atoms in total. The molecule has 0 aliphatic carbocycles. The third-order valence-electron chi connectivity index (χ3n) is 6.19. The zero-order valence-corrected chi connectivity index (χ0v) is 21.3. The molecule has 3 heterocycles. The Morgan fingerprint density at radius 2 is 2.00 bits per heavy atom. The first kappa shape index (κ1) is 23.7. The Morgan fingerprint density at radius 1 is 1.20 bits per heavy atom. The summed E-state index contributed by atoms with van der Waals surface area (Å²) in [7, 11) is -3.69. The van der Waals surface area contributed by atoms with Gasteiger partial charge in [-0.2, -0.15) is 0 Å². The van der Waals surface area contributed by atoms with Crippen LogP contribution in [0.15, 0.2) is 71.2 Å². The number of sulfonamides is 1. The fourth-order valence-corrected chi connectivity index (χ4v) is 6.41. The number of para-hydroxylation sites is 1. The van der Waals surface area contributed by atoms with Gasteiger partial charge in [-0.25, -0.2) is 13.4 Å². The highest BCUT2D eigenvalue weighted by atomic mass is 35.5. The minimum atomic E-state index is -3.69. The van der Waals surface area contributed by atoms with Gasteiger partial charge in [0.1, 0.15) is 6.04 Å². The fraction of sp³-hybridized carbons (Fsp3) is 0.250. The smallest absolute Gasteiger partial charge is 0.263 e. The lowest BCUT2D eigenvalue weighted by Gasteiger charge is -2.21. The molecule has 1 aliphatic rings. The first-order valence-corrected chi connectivity index (χ1v) is 13.9. The van der Waals surface area contributed by atoms with Crippen LogP contribution in [0.5, 0.6) is 0 Å². The molecule has 1 aliphatic heterocycles. The molecule has 0 radical (unpaired) electrons. The Bertz CT molecular complexity index is 1450. The number of carbonyl (C=O) groups excluding carboxylic acids is 1. The Kier molecular flexibility index (Phi) is 6.43. The lowest BCUT2D eigenvalue weighted by Crippen LogP contribution is -2.40. The van der Waals surface area contributed by atoms with Gasteiger partial charge in [0.15, 0.2) is 5.13 Å². The third kappa shape index (κ3) is 4.86. The average molecular weight is 530 g/mol. The van der Waals surface area contributed by atoms with E-state index in [4.69, 9.17) is 11.6 Å². The van der Waals surface area contributed by atoms with E-state index in [2.05, 4.69) is 19.9 Å². The molecule has 182 valence electrons. The number of rotatable bonds is 7. The van der Waals surface area contributed by atoms with Crippen LogP contribution in [0.4, 0.5) is 10.8 Å². The first-order valence-electron chi connectivity index (χ1n) is 11.1. The standard InChI is InChI=1S/C24H24ClN5O3S2/c1-16(30-13-9-17-3-2-4-21(25)22(17)30)23(31)27-18-10-12-29(15-18)19-5-7-20(8-6-19)35(32,33)28-24-26-11-14-34-24/h2-9,11,13-14,16,18H,10,12,15H2,1H3,(H,26,28)(H,27,31)/t16-,18+/m1/s1. The molecule has 5 rings (SSSR count). The summed E-state index contributed by atoms with van der Waals surface area (Å²) in [5, 5.41) is 6.81. The summed E-state index contributed by atoms with van der Waals surface area (Å²) < 4.78 is 29.5.